The molecule has 0 aromatic heterocycles. The summed E-state index contributed by atoms with van der Waals surface area (Å²) in [6.07, 6.45) is 0.0919. The molecule has 7 nitrogen and oxygen atoms in total. The number of carbonyl (C=O) groups is 2. The van der Waals surface area contributed by atoms with Gasteiger partial charge < -0.3 is 15.0 Å². The third-order valence-electron chi connectivity index (χ3n) is 1.90. The van der Waals surface area contributed by atoms with Crippen LogP contribution in [-0.2, 0) is 4.74 Å². The maximum Gasteiger partial charge on any atom is 0.436 e. The minimum Gasteiger partial charge on any atom is -0.451 e. The minimum atomic E-state index is -0.746. The molecule has 0 rings (SSSR count). The van der Waals surface area contributed by atoms with Crippen molar-refractivity contribution >= 4 is 18.1 Å². The van der Waals surface area contributed by atoms with Gasteiger partial charge in [0.15, 0.2) is 0 Å². The number of hydrogen-bond acceptors (Lipinski definition) is 3. The number of urea groups is 1. The Morgan fingerprint density at radius 2 is 1.88 bits per heavy atom. The van der Waals surface area contributed by atoms with Crippen molar-refractivity contribution in [2.75, 3.05) is 34.8 Å². The number of ether oxygens (including phenoxy) is 1. The van der Waals surface area contributed by atoms with Gasteiger partial charge in [-0.1, -0.05) is 6.92 Å². The highest BCUT2D eigenvalue weighted by Gasteiger charge is 2.17. The lowest BCUT2D eigenvalue weighted by atomic mass is 10.5. The van der Waals surface area contributed by atoms with E-state index in [1.807, 2.05) is 6.92 Å². The molecule has 0 heterocycles. The summed E-state index contributed by atoms with van der Waals surface area (Å²) in [7, 11) is 6.14. The molecule has 0 saturated carbocycles. The van der Waals surface area contributed by atoms with Crippen molar-refractivity contribution in [2.24, 2.45) is 4.99 Å². The molecule has 0 spiro atoms. The molecule has 17 heavy (non-hydrogen) atoms. The van der Waals surface area contributed by atoms with E-state index in [2.05, 4.69) is 15.0 Å². The third kappa shape index (κ3) is 5.19. The highest BCUT2D eigenvalue weighted by molar-refractivity contribution is 5.99. The molecule has 0 radical (unpaired) electrons. The molecular formula is C10H20N4O3. The van der Waals surface area contributed by atoms with E-state index >= 15 is 0 Å². The van der Waals surface area contributed by atoms with Crippen molar-refractivity contribution in [3.05, 3.63) is 0 Å². The first-order valence-corrected chi connectivity index (χ1v) is 5.29. The summed E-state index contributed by atoms with van der Waals surface area (Å²) in [6, 6.07) is -0.316. The average Bonchev–Trinajstić information content (AvgIpc) is 2.31. The number of nitrogens with one attached hydrogen (secondary N) is 1. The highest BCUT2D eigenvalue weighted by Crippen LogP contribution is 1.95. The highest BCUT2D eigenvalue weighted by atomic mass is 16.5. The largest absolute Gasteiger partial charge is 0.451 e. The minimum absolute atomic E-state index is 0.213. The Labute approximate surface area is 101 Å². The van der Waals surface area contributed by atoms with Crippen molar-refractivity contribution in [1.82, 2.24) is 15.1 Å². The number of aliphatic imine (C=N–C) groups is 1. The molecule has 0 bridgehead atoms. The van der Waals surface area contributed by atoms with Crippen LogP contribution < -0.4 is 5.32 Å². The molecule has 0 saturated heterocycles. The summed E-state index contributed by atoms with van der Waals surface area (Å²) in [6.45, 7) is 2.53. The number of guanidine groups is 1. The molecule has 0 aliphatic heterocycles. The Bertz CT molecular complexity index is 302. The number of hydrogen-bond donors (Lipinski definition) is 1. The Morgan fingerprint density at radius 1 is 1.29 bits per heavy atom. The van der Waals surface area contributed by atoms with Gasteiger partial charge in [0, 0.05) is 27.7 Å². The summed E-state index contributed by atoms with van der Waals surface area (Å²) in [5.41, 5.74) is 0. The zero-order valence-electron chi connectivity index (χ0n) is 11.0. The molecule has 0 aliphatic rings. The van der Waals surface area contributed by atoms with E-state index in [0.717, 1.165) is 6.42 Å². The Hall–Kier alpha value is -1.79. The van der Waals surface area contributed by atoms with Crippen molar-refractivity contribution in [3.63, 3.8) is 0 Å². The number of amides is 3. The van der Waals surface area contributed by atoms with Crippen LogP contribution in [0.25, 0.3) is 0 Å². The monoisotopic (exact) mass is 244 g/mol. The Morgan fingerprint density at radius 3 is 2.29 bits per heavy atom. The lowest BCUT2D eigenvalue weighted by Gasteiger charge is -2.24. The van der Waals surface area contributed by atoms with Gasteiger partial charge in [-0.05, 0) is 6.42 Å². The number of nitrogens with zero attached hydrogens (tertiary/aromatic N) is 3. The zero-order valence-corrected chi connectivity index (χ0v) is 11.0. The van der Waals surface area contributed by atoms with Crippen molar-refractivity contribution in [3.8, 4) is 0 Å². The zero-order chi connectivity index (χ0) is 13.4. The molecule has 0 aromatic rings. The third-order valence-corrected chi connectivity index (χ3v) is 1.90. The van der Waals surface area contributed by atoms with Crippen LogP contribution in [0, 0.1) is 0 Å². The molecule has 98 valence electrons. The number of rotatable bonds is 2. The second kappa shape index (κ2) is 7.48. The van der Waals surface area contributed by atoms with E-state index in [1.54, 1.807) is 19.0 Å². The van der Waals surface area contributed by atoms with E-state index in [9.17, 15) is 9.59 Å². The van der Waals surface area contributed by atoms with Gasteiger partial charge >= 0.3 is 12.1 Å². The maximum atomic E-state index is 11.7. The molecule has 7 heteroatoms. The molecule has 0 unspecified atom stereocenters. The number of methoxy groups -OCH3 is 1. The molecule has 0 aliphatic carbocycles. The molecule has 0 atom stereocenters. The van der Waals surface area contributed by atoms with Gasteiger partial charge in [0.1, 0.15) is 0 Å². The quantitative estimate of drug-likeness (QED) is 0.574. The predicted molar refractivity (Wildman–Crippen MR) is 65.0 cm³/mol. The second-order valence-corrected chi connectivity index (χ2v) is 3.57. The van der Waals surface area contributed by atoms with Crippen LogP contribution in [0.5, 0.6) is 0 Å². The van der Waals surface area contributed by atoms with Crippen LogP contribution in [0.15, 0.2) is 4.99 Å². The summed E-state index contributed by atoms with van der Waals surface area (Å²) in [4.78, 5) is 29.2. The first-order chi connectivity index (χ1) is 7.93. The van der Waals surface area contributed by atoms with Crippen LogP contribution in [0.2, 0.25) is 0 Å². The summed E-state index contributed by atoms with van der Waals surface area (Å²) in [5.74, 6) is 0.213. The standard InChI is InChI=1S/C10H20N4O3/c1-6-7-11-9(15)14(4)8(13(2)3)12-10(16)17-5/h6-7H2,1-5H3,(H,11,15)/b12-8-. The molecule has 0 fully saturated rings. The van der Waals surface area contributed by atoms with Crippen LogP contribution in [-0.4, -0.2) is 62.7 Å². The van der Waals surface area contributed by atoms with Gasteiger partial charge in [0.2, 0.25) is 5.96 Å². The summed E-state index contributed by atoms with van der Waals surface area (Å²) < 4.78 is 4.43. The van der Waals surface area contributed by atoms with Gasteiger partial charge in [-0.15, -0.1) is 4.99 Å². The smallest absolute Gasteiger partial charge is 0.436 e. The van der Waals surface area contributed by atoms with Gasteiger partial charge in [-0.3, -0.25) is 4.90 Å². The molecule has 1 N–H and O–H groups in total. The fourth-order valence-corrected chi connectivity index (χ4v) is 1.04. The SMILES string of the molecule is CCCNC(=O)N(C)/C(=N\C(=O)OC)N(C)C. The van der Waals surface area contributed by atoms with Gasteiger partial charge in [-0.2, -0.15) is 0 Å². The lowest BCUT2D eigenvalue weighted by molar-refractivity contribution is 0.181. The van der Waals surface area contributed by atoms with Gasteiger partial charge in [-0.25, -0.2) is 9.59 Å². The van der Waals surface area contributed by atoms with Crippen molar-refractivity contribution in [1.29, 1.82) is 0 Å². The average molecular weight is 244 g/mol. The summed E-state index contributed by atoms with van der Waals surface area (Å²) in [5, 5.41) is 2.69. The van der Waals surface area contributed by atoms with E-state index in [-0.39, 0.29) is 12.0 Å². The van der Waals surface area contributed by atoms with Crippen molar-refractivity contribution in [2.45, 2.75) is 13.3 Å². The molecular weight excluding hydrogens is 224 g/mol. The van der Waals surface area contributed by atoms with Gasteiger partial charge in [0.25, 0.3) is 0 Å². The lowest BCUT2D eigenvalue weighted by Crippen LogP contribution is -2.47. The summed E-state index contributed by atoms with van der Waals surface area (Å²) >= 11 is 0. The fraction of sp³-hybridized carbons (Fsp3) is 0.700. The Balaban J connectivity index is 4.77. The second-order valence-electron chi connectivity index (χ2n) is 3.57. The van der Waals surface area contributed by atoms with Crippen molar-refractivity contribution < 1.29 is 14.3 Å². The number of carbonyl (C=O) groups excluding carboxylic acids is 2. The van der Waals surface area contributed by atoms with E-state index in [1.165, 1.54) is 19.1 Å². The first kappa shape index (κ1) is 15.2. The van der Waals surface area contributed by atoms with E-state index in [0.29, 0.717) is 6.54 Å². The normalized spacial score (nSPS) is 10.8. The predicted octanol–water partition coefficient (Wildman–Crippen LogP) is 0.722. The first-order valence-electron chi connectivity index (χ1n) is 5.29. The molecule has 3 amide bonds. The van der Waals surface area contributed by atoms with E-state index < -0.39 is 6.09 Å². The van der Waals surface area contributed by atoms with Crippen LogP contribution >= 0.6 is 0 Å². The molecule has 0 aromatic carbocycles. The maximum absolute atomic E-state index is 11.7. The van der Waals surface area contributed by atoms with E-state index in [4.69, 9.17) is 0 Å². The van der Waals surface area contributed by atoms with Crippen LogP contribution in [0.3, 0.4) is 0 Å². The van der Waals surface area contributed by atoms with Crippen LogP contribution in [0.4, 0.5) is 9.59 Å². The topological polar surface area (TPSA) is 74.2 Å². The van der Waals surface area contributed by atoms with Crippen LogP contribution in [0.1, 0.15) is 13.3 Å². The fourth-order valence-electron chi connectivity index (χ4n) is 1.04. The van der Waals surface area contributed by atoms with Gasteiger partial charge in [0.05, 0.1) is 7.11 Å². The Kier molecular flexibility index (Phi) is 6.69.